The number of anilines is 1. The Kier molecular flexibility index (Phi) is 10.8. The number of carbonyl (C=O) groups is 2. The summed E-state index contributed by atoms with van der Waals surface area (Å²) in [6.07, 6.45) is 0. The van der Waals surface area contributed by atoms with Crippen LogP contribution in [0.5, 0.6) is 5.75 Å². The topological polar surface area (TPSA) is 96.0 Å². The summed E-state index contributed by atoms with van der Waals surface area (Å²) in [7, 11) is -4.22. The molecule has 40 heavy (non-hydrogen) atoms. The Balaban J connectivity index is 2.11. The first-order valence-electron chi connectivity index (χ1n) is 12.8. The van der Waals surface area contributed by atoms with Gasteiger partial charge in [-0.2, -0.15) is 0 Å². The van der Waals surface area contributed by atoms with E-state index < -0.39 is 34.4 Å². The maximum Gasteiger partial charge on any atom is 0.264 e. The van der Waals surface area contributed by atoms with E-state index in [4.69, 9.17) is 27.9 Å². The average molecular weight is 607 g/mol. The highest BCUT2D eigenvalue weighted by molar-refractivity contribution is 7.92. The van der Waals surface area contributed by atoms with Gasteiger partial charge in [0.25, 0.3) is 10.0 Å². The predicted molar refractivity (Wildman–Crippen MR) is 158 cm³/mol. The first-order valence-corrected chi connectivity index (χ1v) is 15.0. The SMILES string of the molecule is CCOc1ccccc1N(CC(=O)N(Cc1c(Cl)cccc1Cl)C(C)C(=O)NC(C)C)S(=O)(=O)c1ccccc1. The van der Waals surface area contributed by atoms with E-state index in [2.05, 4.69) is 5.32 Å². The molecule has 8 nitrogen and oxygen atoms in total. The van der Waals surface area contributed by atoms with Crippen molar-refractivity contribution in [3.05, 3.63) is 88.4 Å². The molecule has 214 valence electrons. The number of nitrogens with zero attached hydrogens (tertiary/aromatic N) is 2. The van der Waals surface area contributed by atoms with Crippen molar-refractivity contribution in [1.82, 2.24) is 10.2 Å². The van der Waals surface area contributed by atoms with Gasteiger partial charge in [-0.15, -0.1) is 0 Å². The number of halogens is 2. The minimum atomic E-state index is -4.22. The van der Waals surface area contributed by atoms with Crippen LogP contribution in [0.3, 0.4) is 0 Å². The lowest BCUT2D eigenvalue weighted by Crippen LogP contribution is -2.52. The Morgan fingerprint density at radius 2 is 1.50 bits per heavy atom. The fraction of sp³-hybridized carbons (Fsp3) is 0.310. The first-order chi connectivity index (χ1) is 19.0. The lowest BCUT2D eigenvalue weighted by atomic mass is 10.1. The number of rotatable bonds is 12. The number of sulfonamides is 1. The van der Waals surface area contributed by atoms with Crippen LogP contribution in [0, 0.1) is 0 Å². The third-order valence-corrected chi connectivity index (χ3v) is 8.51. The van der Waals surface area contributed by atoms with Crippen LogP contribution in [0.2, 0.25) is 10.0 Å². The molecule has 0 heterocycles. The molecule has 0 fully saturated rings. The summed E-state index contributed by atoms with van der Waals surface area (Å²) in [4.78, 5) is 28.4. The number of hydrogen-bond acceptors (Lipinski definition) is 5. The van der Waals surface area contributed by atoms with Gasteiger partial charge in [-0.1, -0.05) is 59.6 Å². The molecule has 2 amide bonds. The summed E-state index contributed by atoms with van der Waals surface area (Å²) < 4.78 is 34.6. The van der Waals surface area contributed by atoms with Gasteiger partial charge in [0.2, 0.25) is 11.8 Å². The molecule has 3 rings (SSSR count). The normalized spacial score (nSPS) is 12.1. The van der Waals surface area contributed by atoms with Crippen LogP contribution in [0.25, 0.3) is 0 Å². The van der Waals surface area contributed by atoms with Crippen LogP contribution in [-0.4, -0.2) is 50.4 Å². The lowest BCUT2D eigenvalue weighted by molar-refractivity contribution is -0.139. The number of para-hydroxylation sites is 2. The van der Waals surface area contributed by atoms with Crippen molar-refractivity contribution in [3.63, 3.8) is 0 Å². The van der Waals surface area contributed by atoms with E-state index in [-0.39, 0.29) is 29.8 Å². The molecule has 0 radical (unpaired) electrons. The van der Waals surface area contributed by atoms with Gasteiger partial charge >= 0.3 is 0 Å². The van der Waals surface area contributed by atoms with E-state index >= 15 is 0 Å². The Morgan fingerprint density at radius 3 is 2.10 bits per heavy atom. The Labute approximate surface area is 245 Å². The zero-order valence-corrected chi connectivity index (χ0v) is 25.1. The van der Waals surface area contributed by atoms with E-state index in [1.807, 2.05) is 0 Å². The van der Waals surface area contributed by atoms with Crippen molar-refractivity contribution in [2.75, 3.05) is 17.5 Å². The quantitative estimate of drug-likeness (QED) is 0.293. The van der Waals surface area contributed by atoms with Gasteiger partial charge < -0.3 is 15.0 Å². The number of amides is 2. The summed E-state index contributed by atoms with van der Waals surface area (Å²) in [5, 5.41) is 3.44. The van der Waals surface area contributed by atoms with E-state index in [0.717, 1.165) is 4.31 Å². The molecule has 0 saturated carbocycles. The first kappa shape index (κ1) is 31.3. The van der Waals surface area contributed by atoms with Crippen molar-refractivity contribution in [1.29, 1.82) is 0 Å². The molecule has 0 spiro atoms. The van der Waals surface area contributed by atoms with Gasteiger partial charge in [-0.3, -0.25) is 13.9 Å². The standard InChI is InChI=1S/C29H33Cl2N3O5S/c1-5-39-27-17-10-9-16-26(27)34(40(37,38)22-12-7-6-8-13-22)19-28(35)33(21(4)29(36)32-20(2)3)18-23-24(30)14-11-15-25(23)31/h6-17,20-21H,5,18-19H2,1-4H3,(H,32,36). The molecule has 0 saturated heterocycles. The molecule has 1 atom stereocenters. The second kappa shape index (κ2) is 13.9. The highest BCUT2D eigenvalue weighted by Crippen LogP contribution is 2.33. The number of hydrogen-bond donors (Lipinski definition) is 1. The van der Waals surface area contributed by atoms with Crippen LogP contribution < -0.4 is 14.4 Å². The molecule has 0 aliphatic carbocycles. The van der Waals surface area contributed by atoms with Gasteiger partial charge in [-0.25, -0.2) is 8.42 Å². The molecule has 1 unspecified atom stereocenters. The number of nitrogens with one attached hydrogen (secondary N) is 1. The summed E-state index contributed by atoms with van der Waals surface area (Å²) in [6.45, 7) is 6.53. The molecular formula is C29H33Cl2N3O5S. The van der Waals surface area contributed by atoms with Crippen LogP contribution in [0.15, 0.2) is 77.7 Å². The monoisotopic (exact) mass is 605 g/mol. The fourth-order valence-corrected chi connectivity index (χ4v) is 5.98. The molecule has 0 bridgehead atoms. The second-order valence-corrected chi connectivity index (χ2v) is 12.0. The number of ether oxygens (including phenoxy) is 1. The Bertz CT molecular complexity index is 1410. The maximum atomic E-state index is 14.0. The molecule has 1 N–H and O–H groups in total. The van der Waals surface area contributed by atoms with Crippen molar-refractivity contribution in [2.24, 2.45) is 0 Å². The maximum absolute atomic E-state index is 14.0. The van der Waals surface area contributed by atoms with Crippen LogP contribution in [0.1, 0.15) is 33.3 Å². The summed E-state index contributed by atoms with van der Waals surface area (Å²) >= 11 is 12.8. The van der Waals surface area contributed by atoms with Gasteiger partial charge in [0.1, 0.15) is 18.3 Å². The zero-order chi connectivity index (χ0) is 29.4. The minimum Gasteiger partial charge on any atom is -0.492 e. The highest BCUT2D eigenvalue weighted by atomic mass is 35.5. The van der Waals surface area contributed by atoms with Crippen LogP contribution in [0.4, 0.5) is 5.69 Å². The molecular weight excluding hydrogens is 573 g/mol. The molecule has 0 aliphatic rings. The number of benzene rings is 3. The minimum absolute atomic E-state index is 0.000370. The number of carbonyl (C=O) groups excluding carboxylic acids is 2. The second-order valence-electron chi connectivity index (χ2n) is 9.29. The van der Waals surface area contributed by atoms with Crippen molar-refractivity contribution >= 4 is 50.7 Å². The summed E-state index contributed by atoms with van der Waals surface area (Å²) in [5.74, 6) is -0.740. The molecule has 11 heteroatoms. The van der Waals surface area contributed by atoms with Crippen molar-refractivity contribution in [2.45, 2.75) is 51.2 Å². The molecule has 3 aromatic rings. The molecule has 0 aliphatic heterocycles. The predicted octanol–water partition coefficient (Wildman–Crippen LogP) is 5.53. The van der Waals surface area contributed by atoms with E-state index in [0.29, 0.717) is 21.4 Å². The van der Waals surface area contributed by atoms with Gasteiger partial charge in [0.05, 0.1) is 17.2 Å². The molecule has 0 aromatic heterocycles. The molecule has 3 aromatic carbocycles. The van der Waals surface area contributed by atoms with E-state index in [1.165, 1.54) is 17.0 Å². The fourth-order valence-electron chi connectivity index (χ4n) is 4.02. The summed E-state index contributed by atoms with van der Waals surface area (Å²) in [5.41, 5.74) is 0.632. The third-order valence-electron chi connectivity index (χ3n) is 6.03. The smallest absolute Gasteiger partial charge is 0.264 e. The largest absolute Gasteiger partial charge is 0.492 e. The Morgan fingerprint density at radius 1 is 0.900 bits per heavy atom. The third kappa shape index (κ3) is 7.47. The summed E-state index contributed by atoms with van der Waals surface area (Å²) in [6, 6.07) is 18.2. The van der Waals surface area contributed by atoms with Crippen LogP contribution in [-0.2, 0) is 26.2 Å². The van der Waals surface area contributed by atoms with Gasteiger partial charge in [0, 0.05) is 28.2 Å². The zero-order valence-electron chi connectivity index (χ0n) is 22.8. The van der Waals surface area contributed by atoms with Crippen molar-refractivity contribution < 1.29 is 22.7 Å². The van der Waals surface area contributed by atoms with Gasteiger partial charge in [-0.05, 0) is 64.1 Å². The average Bonchev–Trinajstić information content (AvgIpc) is 2.92. The van der Waals surface area contributed by atoms with E-state index in [1.54, 1.807) is 88.4 Å². The highest BCUT2D eigenvalue weighted by Gasteiger charge is 2.34. The van der Waals surface area contributed by atoms with Gasteiger partial charge in [0.15, 0.2) is 0 Å². The Hall–Kier alpha value is -3.27. The van der Waals surface area contributed by atoms with E-state index in [9.17, 15) is 18.0 Å². The lowest BCUT2D eigenvalue weighted by Gasteiger charge is -2.33. The van der Waals surface area contributed by atoms with Crippen molar-refractivity contribution in [3.8, 4) is 5.75 Å². The van der Waals surface area contributed by atoms with Crippen LogP contribution >= 0.6 is 23.2 Å².